The maximum absolute atomic E-state index is 5.70. The molecule has 1 N–H and O–H groups in total. The van der Waals surface area contributed by atoms with Crippen LogP contribution < -0.4 is 10.1 Å². The summed E-state index contributed by atoms with van der Waals surface area (Å²) in [5, 5.41) is 7.16. The fraction of sp³-hybridized carbons (Fsp3) is 0.429. The van der Waals surface area contributed by atoms with Crippen LogP contribution in [0.4, 0.5) is 0 Å². The van der Waals surface area contributed by atoms with Crippen molar-refractivity contribution in [2.24, 2.45) is 0 Å². The molecule has 0 saturated carbocycles. The standard InChI is InChI=1S/C14H16BrN3O2/c1-9-17-13(20-18-9)2-4-16-8-11-7-12(15)6-10-3-5-19-14(10)11/h6-7,16H,2-5,8H2,1H3. The molecule has 0 saturated heterocycles. The molecule has 2 aromatic rings. The van der Waals surface area contributed by atoms with Crippen molar-refractivity contribution in [1.29, 1.82) is 0 Å². The van der Waals surface area contributed by atoms with Crippen molar-refractivity contribution < 1.29 is 9.26 Å². The van der Waals surface area contributed by atoms with Gasteiger partial charge < -0.3 is 14.6 Å². The molecule has 106 valence electrons. The lowest BCUT2D eigenvalue weighted by Crippen LogP contribution is -2.17. The van der Waals surface area contributed by atoms with E-state index in [1.165, 1.54) is 11.1 Å². The van der Waals surface area contributed by atoms with Crippen LogP contribution in [0.15, 0.2) is 21.1 Å². The molecule has 6 heteroatoms. The second-order valence-corrected chi connectivity index (χ2v) is 5.73. The number of hydrogen-bond acceptors (Lipinski definition) is 5. The third-order valence-corrected chi connectivity index (χ3v) is 3.68. The second-order valence-electron chi connectivity index (χ2n) is 4.81. The van der Waals surface area contributed by atoms with Crippen LogP contribution in [-0.2, 0) is 19.4 Å². The van der Waals surface area contributed by atoms with E-state index in [9.17, 15) is 0 Å². The van der Waals surface area contributed by atoms with E-state index in [1.54, 1.807) is 0 Å². The minimum absolute atomic E-state index is 0.672. The summed E-state index contributed by atoms with van der Waals surface area (Å²) >= 11 is 3.55. The van der Waals surface area contributed by atoms with Gasteiger partial charge in [-0.3, -0.25) is 0 Å². The van der Waals surface area contributed by atoms with E-state index < -0.39 is 0 Å². The molecule has 0 radical (unpaired) electrons. The zero-order valence-electron chi connectivity index (χ0n) is 11.3. The third kappa shape index (κ3) is 3.02. The molecule has 1 aromatic carbocycles. The first-order valence-corrected chi connectivity index (χ1v) is 7.45. The van der Waals surface area contributed by atoms with Crippen LogP contribution in [0.5, 0.6) is 5.75 Å². The van der Waals surface area contributed by atoms with Crippen LogP contribution in [0, 0.1) is 6.92 Å². The maximum Gasteiger partial charge on any atom is 0.227 e. The van der Waals surface area contributed by atoms with E-state index in [2.05, 4.69) is 43.5 Å². The predicted octanol–water partition coefficient (Wildman–Crippen LogP) is 2.41. The fourth-order valence-electron chi connectivity index (χ4n) is 2.34. The van der Waals surface area contributed by atoms with Crippen LogP contribution in [0.2, 0.25) is 0 Å². The summed E-state index contributed by atoms with van der Waals surface area (Å²) in [7, 11) is 0. The van der Waals surface area contributed by atoms with Gasteiger partial charge in [0.05, 0.1) is 6.61 Å². The third-order valence-electron chi connectivity index (χ3n) is 3.23. The van der Waals surface area contributed by atoms with Crippen molar-refractivity contribution in [1.82, 2.24) is 15.5 Å². The quantitative estimate of drug-likeness (QED) is 0.849. The molecule has 0 aliphatic carbocycles. The number of hydrogen-bond donors (Lipinski definition) is 1. The van der Waals surface area contributed by atoms with Gasteiger partial charge in [-0.05, 0) is 24.6 Å². The Bertz CT molecular complexity index is 612. The van der Waals surface area contributed by atoms with Crippen LogP contribution in [0.1, 0.15) is 22.8 Å². The molecule has 3 rings (SSSR count). The Morgan fingerprint density at radius 3 is 3.10 bits per heavy atom. The number of halogens is 1. The molecule has 1 aromatic heterocycles. The van der Waals surface area contributed by atoms with Gasteiger partial charge in [0.2, 0.25) is 5.89 Å². The SMILES string of the molecule is Cc1noc(CCNCc2cc(Br)cc3c2OCC3)n1. The van der Waals surface area contributed by atoms with Crippen molar-refractivity contribution in [3.63, 3.8) is 0 Å². The molecule has 0 atom stereocenters. The lowest BCUT2D eigenvalue weighted by atomic mass is 10.1. The average Bonchev–Trinajstić information content (AvgIpc) is 3.03. The highest BCUT2D eigenvalue weighted by molar-refractivity contribution is 9.10. The molecular weight excluding hydrogens is 322 g/mol. The summed E-state index contributed by atoms with van der Waals surface area (Å²) in [5.41, 5.74) is 2.47. The van der Waals surface area contributed by atoms with Crippen molar-refractivity contribution in [3.05, 3.63) is 39.4 Å². The summed E-state index contributed by atoms with van der Waals surface area (Å²) in [4.78, 5) is 4.18. The Morgan fingerprint density at radius 2 is 2.30 bits per heavy atom. The summed E-state index contributed by atoms with van der Waals surface area (Å²) in [6.45, 7) is 4.17. The predicted molar refractivity (Wildman–Crippen MR) is 77.8 cm³/mol. The topological polar surface area (TPSA) is 60.2 Å². The Kier molecular flexibility index (Phi) is 4.03. The van der Waals surface area contributed by atoms with Crippen molar-refractivity contribution in [2.45, 2.75) is 26.3 Å². The van der Waals surface area contributed by atoms with Gasteiger partial charge >= 0.3 is 0 Å². The summed E-state index contributed by atoms with van der Waals surface area (Å²) in [6, 6.07) is 4.24. The summed E-state index contributed by atoms with van der Waals surface area (Å²) in [5.74, 6) is 2.39. The molecule has 1 aliphatic rings. The average molecular weight is 338 g/mol. The van der Waals surface area contributed by atoms with Crippen LogP contribution >= 0.6 is 15.9 Å². The van der Waals surface area contributed by atoms with Crippen LogP contribution in [0.3, 0.4) is 0 Å². The molecule has 0 bridgehead atoms. The van der Waals surface area contributed by atoms with E-state index in [0.29, 0.717) is 11.7 Å². The molecule has 2 heterocycles. The number of aryl methyl sites for hydroxylation is 1. The zero-order valence-corrected chi connectivity index (χ0v) is 12.9. The van der Waals surface area contributed by atoms with Gasteiger partial charge in [0, 0.05) is 36.0 Å². The number of nitrogens with zero attached hydrogens (tertiary/aromatic N) is 2. The molecule has 0 spiro atoms. The minimum Gasteiger partial charge on any atom is -0.493 e. The Morgan fingerprint density at radius 1 is 1.40 bits per heavy atom. The molecule has 1 aliphatic heterocycles. The molecule has 0 unspecified atom stereocenters. The Balaban J connectivity index is 1.56. The smallest absolute Gasteiger partial charge is 0.227 e. The lowest BCUT2D eigenvalue weighted by Gasteiger charge is -2.09. The van der Waals surface area contributed by atoms with Gasteiger partial charge in [-0.2, -0.15) is 4.98 Å². The largest absolute Gasteiger partial charge is 0.493 e. The highest BCUT2D eigenvalue weighted by atomic mass is 79.9. The molecular formula is C14H16BrN3O2. The van der Waals surface area contributed by atoms with E-state index in [4.69, 9.17) is 9.26 Å². The first kappa shape index (κ1) is 13.6. The highest BCUT2D eigenvalue weighted by Gasteiger charge is 2.17. The summed E-state index contributed by atoms with van der Waals surface area (Å²) in [6.07, 6.45) is 1.72. The molecule has 5 nitrogen and oxygen atoms in total. The first-order chi connectivity index (χ1) is 9.72. The van der Waals surface area contributed by atoms with Crippen molar-refractivity contribution in [3.8, 4) is 5.75 Å². The number of nitrogens with one attached hydrogen (secondary N) is 1. The highest BCUT2D eigenvalue weighted by Crippen LogP contribution is 2.32. The van der Waals surface area contributed by atoms with Crippen LogP contribution in [-0.4, -0.2) is 23.3 Å². The number of ether oxygens (including phenoxy) is 1. The van der Waals surface area contributed by atoms with E-state index in [-0.39, 0.29) is 0 Å². The molecule has 20 heavy (non-hydrogen) atoms. The maximum atomic E-state index is 5.70. The van der Waals surface area contributed by atoms with Gasteiger partial charge in [0.15, 0.2) is 5.82 Å². The molecule has 0 fully saturated rings. The number of rotatable bonds is 5. The number of fused-ring (bicyclic) bond motifs is 1. The van der Waals surface area contributed by atoms with Crippen molar-refractivity contribution in [2.75, 3.05) is 13.2 Å². The van der Waals surface area contributed by atoms with Gasteiger partial charge in [0.1, 0.15) is 5.75 Å². The lowest BCUT2D eigenvalue weighted by molar-refractivity contribution is 0.351. The Labute approximate surface area is 125 Å². The molecule has 0 amide bonds. The van der Waals surface area contributed by atoms with E-state index in [1.807, 2.05) is 6.92 Å². The second kappa shape index (κ2) is 5.93. The van der Waals surface area contributed by atoms with Crippen molar-refractivity contribution >= 4 is 15.9 Å². The van der Waals surface area contributed by atoms with E-state index >= 15 is 0 Å². The van der Waals surface area contributed by atoms with Gasteiger partial charge in [-0.1, -0.05) is 21.1 Å². The Hall–Kier alpha value is -1.40. The van der Waals surface area contributed by atoms with Gasteiger partial charge in [-0.25, -0.2) is 0 Å². The summed E-state index contributed by atoms with van der Waals surface area (Å²) < 4.78 is 11.9. The fourth-order valence-corrected chi connectivity index (χ4v) is 2.89. The first-order valence-electron chi connectivity index (χ1n) is 6.66. The van der Waals surface area contributed by atoms with Crippen LogP contribution in [0.25, 0.3) is 0 Å². The normalized spacial score (nSPS) is 13.3. The minimum atomic E-state index is 0.672. The van der Waals surface area contributed by atoms with Gasteiger partial charge in [-0.15, -0.1) is 0 Å². The monoisotopic (exact) mass is 337 g/mol. The van der Waals surface area contributed by atoms with E-state index in [0.717, 1.165) is 42.8 Å². The number of benzene rings is 1. The van der Waals surface area contributed by atoms with Gasteiger partial charge in [0.25, 0.3) is 0 Å². The zero-order chi connectivity index (χ0) is 13.9. The number of aromatic nitrogens is 2.